The van der Waals surface area contributed by atoms with Gasteiger partial charge in [-0.3, -0.25) is 0 Å². The average molecular weight is 624 g/mol. The molecule has 1 rings (SSSR count). The zero-order chi connectivity index (χ0) is 32.3. The Morgan fingerprint density at radius 1 is 0.818 bits per heavy atom. The van der Waals surface area contributed by atoms with Crippen molar-refractivity contribution in [2.24, 2.45) is 0 Å². The van der Waals surface area contributed by atoms with Crippen molar-refractivity contribution in [3.05, 3.63) is 24.4 Å². The Morgan fingerprint density at radius 3 is 2.00 bits per heavy atom. The highest BCUT2D eigenvalue weighted by atomic mass is 16.6. The number of ether oxygens (including phenoxy) is 4. The molecule has 2 N–H and O–H groups in total. The highest BCUT2D eigenvalue weighted by molar-refractivity contribution is 5.03. The van der Waals surface area contributed by atoms with Crippen molar-refractivity contribution in [2.75, 3.05) is 27.4 Å². The molecule has 0 aliphatic carbocycles. The van der Waals surface area contributed by atoms with Gasteiger partial charge in [-0.25, -0.2) is 0 Å². The smallest absolute Gasteiger partial charge is 0.111 e. The van der Waals surface area contributed by atoms with Crippen LogP contribution >= 0.6 is 0 Å². The van der Waals surface area contributed by atoms with Crippen molar-refractivity contribution in [3.63, 3.8) is 0 Å². The summed E-state index contributed by atoms with van der Waals surface area (Å²) < 4.78 is 23.6. The number of hydrogen-bond donors (Lipinski definition) is 2. The van der Waals surface area contributed by atoms with E-state index < -0.39 is 18.3 Å². The Kier molecular flexibility index (Phi) is 26.5. The molecule has 1 aliphatic heterocycles. The van der Waals surface area contributed by atoms with E-state index in [-0.39, 0.29) is 18.2 Å². The first kappa shape index (κ1) is 41.1. The van der Waals surface area contributed by atoms with Crippen LogP contribution in [0.4, 0.5) is 0 Å². The molecule has 0 spiro atoms. The maximum absolute atomic E-state index is 11.2. The zero-order valence-electron chi connectivity index (χ0n) is 29.7. The standard InChI is InChI=1S/C38H73NO5/c1-7-9-11-13-14-15-16-17-18-19-20-21-22-24-25-27-32(3)39-36-33(4)44-35(31-41-5)37(40)38(36)43-30-29-34(42-6)28-26-23-12-10-8-2/h15-16,33-40H,3,7-14,17-31H2,1-2,4-6H3/b16-15-. The summed E-state index contributed by atoms with van der Waals surface area (Å²) in [5.74, 6) is 0. The van der Waals surface area contributed by atoms with Gasteiger partial charge in [0.05, 0.1) is 24.9 Å². The van der Waals surface area contributed by atoms with Gasteiger partial charge in [0.25, 0.3) is 0 Å². The number of aliphatic hydroxyl groups excluding tert-OH is 1. The minimum atomic E-state index is -0.771. The normalized spacial score (nSPS) is 22.9. The van der Waals surface area contributed by atoms with Gasteiger partial charge in [0, 0.05) is 26.5 Å². The Balaban J connectivity index is 2.35. The minimum Gasteiger partial charge on any atom is -0.388 e. The van der Waals surface area contributed by atoms with Crippen molar-refractivity contribution in [1.82, 2.24) is 5.32 Å². The summed E-state index contributed by atoms with van der Waals surface area (Å²) in [5, 5.41) is 14.8. The highest BCUT2D eigenvalue weighted by Gasteiger charge is 2.44. The van der Waals surface area contributed by atoms with Crippen LogP contribution in [0.2, 0.25) is 0 Å². The molecule has 0 aromatic carbocycles. The van der Waals surface area contributed by atoms with Crippen molar-refractivity contribution in [1.29, 1.82) is 0 Å². The van der Waals surface area contributed by atoms with E-state index in [2.05, 4.69) is 37.9 Å². The van der Waals surface area contributed by atoms with Crippen molar-refractivity contribution < 1.29 is 24.1 Å². The predicted molar refractivity (Wildman–Crippen MR) is 186 cm³/mol. The molecule has 1 aliphatic rings. The molecule has 0 radical (unpaired) electrons. The number of aliphatic hydroxyl groups is 1. The summed E-state index contributed by atoms with van der Waals surface area (Å²) >= 11 is 0. The minimum absolute atomic E-state index is 0.131. The molecular weight excluding hydrogens is 550 g/mol. The molecule has 0 amide bonds. The second-order valence-electron chi connectivity index (χ2n) is 13.1. The van der Waals surface area contributed by atoms with Gasteiger partial charge < -0.3 is 29.4 Å². The number of methoxy groups -OCH3 is 2. The van der Waals surface area contributed by atoms with E-state index in [9.17, 15) is 5.11 Å². The Morgan fingerprint density at radius 2 is 1.39 bits per heavy atom. The third-order valence-electron chi connectivity index (χ3n) is 9.12. The lowest BCUT2D eigenvalue weighted by atomic mass is 9.92. The molecule has 0 aromatic rings. The quantitative estimate of drug-likeness (QED) is 0.0614. The second kappa shape index (κ2) is 28.3. The zero-order valence-corrected chi connectivity index (χ0v) is 29.7. The second-order valence-corrected chi connectivity index (χ2v) is 13.1. The van der Waals surface area contributed by atoms with Crippen LogP contribution in [0.5, 0.6) is 0 Å². The lowest BCUT2D eigenvalue weighted by Crippen LogP contribution is -2.63. The van der Waals surface area contributed by atoms with Gasteiger partial charge in [-0.1, -0.05) is 116 Å². The maximum Gasteiger partial charge on any atom is 0.111 e. The number of hydrogen-bond acceptors (Lipinski definition) is 6. The SMILES string of the molecule is C=C(CCCCCCCCC/C=C\CCCCCC)NC1C(C)OC(COC)C(O)C1OCCC(CCCCCCC)OC. The highest BCUT2D eigenvalue weighted by Crippen LogP contribution is 2.26. The molecule has 1 heterocycles. The lowest BCUT2D eigenvalue weighted by Gasteiger charge is -2.44. The summed E-state index contributed by atoms with van der Waals surface area (Å²) in [6.45, 7) is 11.8. The molecule has 1 fully saturated rings. The Bertz CT molecular complexity index is 686. The van der Waals surface area contributed by atoms with Gasteiger partial charge in [0.15, 0.2) is 0 Å². The van der Waals surface area contributed by atoms with Gasteiger partial charge in [0.1, 0.15) is 18.3 Å². The fourth-order valence-corrected chi connectivity index (χ4v) is 6.24. The fraction of sp³-hybridized carbons (Fsp3) is 0.895. The molecule has 1 saturated heterocycles. The Hall–Kier alpha value is -0.920. The first-order chi connectivity index (χ1) is 21.5. The monoisotopic (exact) mass is 624 g/mol. The number of rotatable bonds is 30. The Labute approximate surface area is 273 Å². The topological polar surface area (TPSA) is 69.2 Å². The molecule has 6 unspecified atom stereocenters. The van der Waals surface area contributed by atoms with Crippen LogP contribution in [-0.2, 0) is 18.9 Å². The maximum atomic E-state index is 11.2. The van der Waals surface area contributed by atoms with E-state index >= 15 is 0 Å². The molecule has 0 aromatic heterocycles. The van der Waals surface area contributed by atoms with Crippen molar-refractivity contribution in [2.45, 2.75) is 192 Å². The molecule has 6 heteroatoms. The molecule has 0 saturated carbocycles. The first-order valence-corrected chi connectivity index (χ1v) is 18.5. The molecule has 260 valence electrons. The van der Waals surface area contributed by atoms with E-state index in [1.54, 1.807) is 14.2 Å². The summed E-state index contributed by atoms with van der Waals surface area (Å²) in [6.07, 6.45) is 29.2. The van der Waals surface area contributed by atoms with E-state index in [4.69, 9.17) is 18.9 Å². The van der Waals surface area contributed by atoms with Crippen LogP contribution in [0.3, 0.4) is 0 Å². The molecule has 44 heavy (non-hydrogen) atoms. The van der Waals surface area contributed by atoms with Gasteiger partial charge >= 0.3 is 0 Å². The van der Waals surface area contributed by atoms with Crippen LogP contribution in [0.25, 0.3) is 0 Å². The number of nitrogens with one attached hydrogen (secondary N) is 1. The van der Waals surface area contributed by atoms with Gasteiger partial charge in [-0.2, -0.15) is 0 Å². The average Bonchev–Trinajstić information content (AvgIpc) is 3.01. The summed E-state index contributed by atoms with van der Waals surface area (Å²) in [7, 11) is 3.43. The van der Waals surface area contributed by atoms with Crippen LogP contribution in [-0.4, -0.2) is 69.1 Å². The van der Waals surface area contributed by atoms with Gasteiger partial charge in [0.2, 0.25) is 0 Å². The third kappa shape index (κ3) is 19.6. The fourth-order valence-electron chi connectivity index (χ4n) is 6.24. The lowest BCUT2D eigenvalue weighted by molar-refractivity contribution is -0.206. The van der Waals surface area contributed by atoms with E-state index in [0.717, 1.165) is 31.4 Å². The van der Waals surface area contributed by atoms with Crippen LogP contribution in [0.15, 0.2) is 24.4 Å². The number of allylic oxidation sites excluding steroid dienone is 3. The predicted octanol–water partition coefficient (Wildman–Crippen LogP) is 9.44. The largest absolute Gasteiger partial charge is 0.388 e. The van der Waals surface area contributed by atoms with Gasteiger partial charge in [-0.15, -0.1) is 0 Å². The van der Waals surface area contributed by atoms with Crippen molar-refractivity contribution >= 4 is 0 Å². The molecule has 6 atom stereocenters. The summed E-state index contributed by atoms with van der Waals surface area (Å²) in [4.78, 5) is 0. The number of unbranched alkanes of at least 4 members (excludes halogenated alkanes) is 15. The van der Waals surface area contributed by atoms with E-state index in [0.29, 0.717) is 13.2 Å². The van der Waals surface area contributed by atoms with Gasteiger partial charge in [-0.05, 0) is 58.3 Å². The third-order valence-corrected chi connectivity index (χ3v) is 9.12. The molecule has 6 nitrogen and oxygen atoms in total. The molecular formula is C38H73NO5. The summed E-state index contributed by atoms with van der Waals surface area (Å²) in [5.41, 5.74) is 1.000. The molecule has 0 bridgehead atoms. The van der Waals surface area contributed by atoms with Crippen LogP contribution in [0, 0.1) is 0 Å². The van der Waals surface area contributed by atoms with Crippen LogP contribution < -0.4 is 5.32 Å². The first-order valence-electron chi connectivity index (χ1n) is 18.5. The summed E-state index contributed by atoms with van der Waals surface area (Å²) in [6, 6.07) is -0.161. The van der Waals surface area contributed by atoms with E-state index in [1.807, 2.05) is 6.92 Å². The van der Waals surface area contributed by atoms with Crippen LogP contribution in [0.1, 0.15) is 156 Å². The van der Waals surface area contributed by atoms with Crippen molar-refractivity contribution in [3.8, 4) is 0 Å². The van der Waals surface area contributed by atoms with E-state index in [1.165, 1.54) is 109 Å².